The molecule has 4 heteroatoms. The highest BCUT2D eigenvalue weighted by Gasteiger charge is 2.29. The molecule has 2 unspecified atom stereocenters. The fourth-order valence-electron chi connectivity index (χ4n) is 2.45. The number of halogens is 2. The number of rotatable bonds is 1. The highest BCUT2D eigenvalue weighted by Crippen LogP contribution is 2.28. The van der Waals surface area contributed by atoms with Crippen molar-refractivity contribution >= 4 is 0 Å². The molecule has 1 N–H and O–H groups in total. The van der Waals surface area contributed by atoms with Crippen LogP contribution in [0.4, 0.5) is 8.78 Å². The van der Waals surface area contributed by atoms with Crippen LogP contribution in [0.2, 0.25) is 0 Å². The summed E-state index contributed by atoms with van der Waals surface area (Å²) in [4.78, 5) is 0. The van der Waals surface area contributed by atoms with E-state index in [1.165, 1.54) is 6.07 Å². The van der Waals surface area contributed by atoms with Crippen molar-refractivity contribution in [3.8, 4) is 0 Å². The Morgan fingerprint density at radius 1 is 1.26 bits per heavy atom. The van der Waals surface area contributed by atoms with Gasteiger partial charge in [0, 0.05) is 24.8 Å². The second kappa shape index (κ2) is 5.55. The molecule has 0 radical (unpaired) electrons. The second-order valence-corrected chi connectivity index (χ2v) is 6.12. The lowest BCUT2D eigenvalue weighted by molar-refractivity contribution is 0.0624. The van der Waals surface area contributed by atoms with Crippen molar-refractivity contribution in [2.45, 2.75) is 39.3 Å². The van der Waals surface area contributed by atoms with E-state index in [0.29, 0.717) is 24.8 Å². The maximum atomic E-state index is 13.8. The van der Waals surface area contributed by atoms with Gasteiger partial charge in [-0.2, -0.15) is 0 Å². The molecule has 2 nitrogen and oxygen atoms in total. The zero-order valence-corrected chi connectivity index (χ0v) is 11.7. The van der Waals surface area contributed by atoms with Crippen LogP contribution < -0.4 is 5.32 Å². The average Bonchev–Trinajstić information content (AvgIpc) is 2.57. The van der Waals surface area contributed by atoms with Crippen LogP contribution in [0.15, 0.2) is 18.2 Å². The average molecular weight is 269 g/mol. The number of benzene rings is 1. The fourth-order valence-corrected chi connectivity index (χ4v) is 2.45. The van der Waals surface area contributed by atoms with Gasteiger partial charge < -0.3 is 10.1 Å². The van der Waals surface area contributed by atoms with Crippen molar-refractivity contribution in [2.75, 3.05) is 13.2 Å². The summed E-state index contributed by atoms with van der Waals surface area (Å²) in [5, 5.41) is 3.40. The van der Waals surface area contributed by atoms with Gasteiger partial charge in [0.1, 0.15) is 0 Å². The van der Waals surface area contributed by atoms with E-state index in [0.717, 1.165) is 12.5 Å². The van der Waals surface area contributed by atoms with Crippen LogP contribution in [0.3, 0.4) is 0 Å². The Morgan fingerprint density at radius 3 is 2.68 bits per heavy atom. The molecule has 1 aromatic carbocycles. The Labute approximate surface area is 113 Å². The molecule has 1 heterocycles. The van der Waals surface area contributed by atoms with Gasteiger partial charge in [0.05, 0.1) is 6.10 Å². The van der Waals surface area contributed by atoms with Crippen molar-refractivity contribution in [1.82, 2.24) is 5.32 Å². The van der Waals surface area contributed by atoms with Crippen LogP contribution in [-0.2, 0) is 4.74 Å². The molecule has 1 aliphatic heterocycles. The first-order valence-corrected chi connectivity index (χ1v) is 6.68. The van der Waals surface area contributed by atoms with Gasteiger partial charge in [0.2, 0.25) is 0 Å². The highest BCUT2D eigenvalue weighted by molar-refractivity contribution is 5.22. The third-order valence-corrected chi connectivity index (χ3v) is 3.65. The molecule has 19 heavy (non-hydrogen) atoms. The first-order valence-electron chi connectivity index (χ1n) is 6.68. The Morgan fingerprint density at radius 2 is 2.00 bits per heavy atom. The van der Waals surface area contributed by atoms with E-state index in [9.17, 15) is 8.78 Å². The van der Waals surface area contributed by atoms with E-state index in [2.05, 4.69) is 26.1 Å². The summed E-state index contributed by atoms with van der Waals surface area (Å²) >= 11 is 0. The Hall–Kier alpha value is -1.00. The van der Waals surface area contributed by atoms with Crippen LogP contribution in [0.25, 0.3) is 0 Å². The minimum absolute atomic E-state index is 0.124. The van der Waals surface area contributed by atoms with Gasteiger partial charge in [0.25, 0.3) is 0 Å². The largest absolute Gasteiger partial charge is 0.372 e. The molecule has 0 bridgehead atoms. The maximum absolute atomic E-state index is 13.8. The summed E-state index contributed by atoms with van der Waals surface area (Å²) in [5.41, 5.74) is 0.417. The zero-order chi connectivity index (χ0) is 14.0. The molecule has 1 saturated heterocycles. The summed E-state index contributed by atoms with van der Waals surface area (Å²) in [6, 6.07) is 4.54. The van der Waals surface area contributed by atoms with Crippen molar-refractivity contribution in [3.63, 3.8) is 0 Å². The monoisotopic (exact) mass is 269 g/mol. The summed E-state index contributed by atoms with van der Waals surface area (Å²) in [6.45, 7) is 7.53. The number of hydrogen-bond donors (Lipinski definition) is 1. The Balaban J connectivity index is 2.13. The van der Waals surface area contributed by atoms with Crippen molar-refractivity contribution < 1.29 is 13.5 Å². The van der Waals surface area contributed by atoms with E-state index >= 15 is 0 Å². The third-order valence-electron chi connectivity index (χ3n) is 3.65. The molecule has 0 saturated carbocycles. The third kappa shape index (κ3) is 3.31. The van der Waals surface area contributed by atoms with Crippen LogP contribution in [0, 0.1) is 17.0 Å². The molecule has 1 aromatic rings. The minimum Gasteiger partial charge on any atom is -0.372 e. The molecule has 0 aromatic heterocycles. The predicted molar refractivity (Wildman–Crippen MR) is 70.9 cm³/mol. The van der Waals surface area contributed by atoms with E-state index in [1.54, 1.807) is 6.07 Å². The Bertz CT molecular complexity index is 442. The molecule has 106 valence electrons. The lowest BCUT2D eigenvalue weighted by atomic mass is 9.85. The molecule has 1 aliphatic rings. The molecule has 2 rings (SSSR count). The number of ether oxygens (including phenoxy) is 1. The maximum Gasteiger partial charge on any atom is 0.164 e. The van der Waals surface area contributed by atoms with Gasteiger partial charge in [-0.25, -0.2) is 8.78 Å². The number of hydrogen-bond acceptors (Lipinski definition) is 2. The standard InChI is InChI=1S/C15H21F2NO/c1-15(2,3)13-7-8-19-12(9-18-13)10-5-4-6-11(16)14(10)17/h4-6,12-13,18H,7-9H2,1-3H3. The smallest absolute Gasteiger partial charge is 0.164 e. The first kappa shape index (κ1) is 14.4. The topological polar surface area (TPSA) is 21.3 Å². The summed E-state index contributed by atoms with van der Waals surface area (Å²) in [7, 11) is 0. The van der Waals surface area contributed by atoms with Crippen molar-refractivity contribution in [1.29, 1.82) is 0 Å². The molecule has 2 atom stereocenters. The van der Waals surface area contributed by atoms with E-state index in [-0.39, 0.29) is 5.41 Å². The number of nitrogens with one attached hydrogen (secondary N) is 1. The fraction of sp³-hybridized carbons (Fsp3) is 0.600. The normalized spacial score (nSPS) is 25.1. The van der Waals surface area contributed by atoms with Gasteiger partial charge in [0.15, 0.2) is 11.6 Å². The zero-order valence-electron chi connectivity index (χ0n) is 11.7. The SMILES string of the molecule is CC(C)(C)C1CCOC(c2cccc(F)c2F)CN1. The molecular formula is C15H21F2NO. The molecule has 0 amide bonds. The predicted octanol–water partition coefficient (Wildman–Crippen LogP) is 3.43. The minimum atomic E-state index is -0.822. The molecule has 1 fully saturated rings. The van der Waals surface area contributed by atoms with Crippen molar-refractivity contribution in [2.24, 2.45) is 5.41 Å². The Kier molecular flexibility index (Phi) is 4.21. The summed E-state index contributed by atoms with van der Waals surface area (Å²) < 4.78 is 32.7. The van der Waals surface area contributed by atoms with Gasteiger partial charge in [-0.1, -0.05) is 32.9 Å². The summed E-state index contributed by atoms with van der Waals surface area (Å²) in [6.07, 6.45) is 0.444. The van der Waals surface area contributed by atoms with Crippen LogP contribution >= 0.6 is 0 Å². The van der Waals surface area contributed by atoms with Crippen LogP contribution in [0.5, 0.6) is 0 Å². The van der Waals surface area contributed by atoms with Gasteiger partial charge >= 0.3 is 0 Å². The van der Waals surface area contributed by atoms with E-state index in [1.807, 2.05) is 0 Å². The van der Waals surface area contributed by atoms with Gasteiger partial charge in [-0.3, -0.25) is 0 Å². The van der Waals surface area contributed by atoms with E-state index < -0.39 is 17.7 Å². The summed E-state index contributed by atoms with van der Waals surface area (Å²) in [5.74, 6) is -1.62. The molecular weight excluding hydrogens is 248 g/mol. The van der Waals surface area contributed by atoms with Gasteiger partial charge in [-0.05, 0) is 17.9 Å². The van der Waals surface area contributed by atoms with Crippen LogP contribution in [0.1, 0.15) is 38.9 Å². The molecule has 0 aliphatic carbocycles. The lowest BCUT2D eigenvalue weighted by Crippen LogP contribution is -2.40. The van der Waals surface area contributed by atoms with Crippen molar-refractivity contribution in [3.05, 3.63) is 35.4 Å². The molecule has 0 spiro atoms. The first-order chi connectivity index (χ1) is 8.89. The quantitative estimate of drug-likeness (QED) is 0.843. The highest BCUT2D eigenvalue weighted by atomic mass is 19.2. The van der Waals surface area contributed by atoms with Crippen LogP contribution in [-0.4, -0.2) is 19.2 Å². The van der Waals surface area contributed by atoms with E-state index in [4.69, 9.17) is 4.74 Å². The second-order valence-electron chi connectivity index (χ2n) is 6.12. The van der Waals surface area contributed by atoms with Gasteiger partial charge in [-0.15, -0.1) is 0 Å². The lowest BCUT2D eigenvalue weighted by Gasteiger charge is -2.30.